The molecule has 3 rings (SSSR count). The molecule has 0 saturated carbocycles. The van der Waals surface area contributed by atoms with E-state index in [1.807, 2.05) is 6.07 Å². The van der Waals surface area contributed by atoms with Crippen molar-refractivity contribution in [3.05, 3.63) is 53.4 Å². The van der Waals surface area contributed by atoms with E-state index in [0.717, 1.165) is 11.3 Å². The molecule has 7 nitrogen and oxygen atoms in total. The number of methoxy groups -OCH3 is 2. The number of hydrogen-bond donors (Lipinski definition) is 1. The summed E-state index contributed by atoms with van der Waals surface area (Å²) >= 11 is 1.16. The lowest BCUT2D eigenvalue weighted by atomic mass is 10.1. The van der Waals surface area contributed by atoms with Gasteiger partial charge >= 0.3 is 0 Å². The average molecular weight is 401 g/mol. The van der Waals surface area contributed by atoms with E-state index in [1.54, 1.807) is 37.8 Å². The van der Waals surface area contributed by atoms with Crippen molar-refractivity contribution in [2.24, 2.45) is 0 Å². The maximum atomic E-state index is 12.5. The summed E-state index contributed by atoms with van der Waals surface area (Å²) in [5.74, 6) is 1.24. The number of nitrogens with zero attached hydrogens (tertiary/aromatic N) is 2. The summed E-state index contributed by atoms with van der Waals surface area (Å²) in [7, 11) is -0.696. The van der Waals surface area contributed by atoms with Crippen LogP contribution in [0.3, 0.4) is 0 Å². The monoisotopic (exact) mass is 401 g/mol. The summed E-state index contributed by atoms with van der Waals surface area (Å²) in [4.78, 5) is 4.40. The Kier molecular flexibility index (Phi) is 5.30. The molecule has 1 N–H and O–H groups in total. The normalized spacial score (nSPS) is 10.9. The lowest BCUT2D eigenvalue weighted by Gasteiger charge is -2.08. The number of nitriles is 1. The molecule has 138 valence electrons. The van der Waals surface area contributed by atoms with E-state index in [-0.39, 0.29) is 10.0 Å². The van der Waals surface area contributed by atoms with Gasteiger partial charge in [0.15, 0.2) is 5.13 Å². The van der Waals surface area contributed by atoms with E-state index in [9.17, 15) is 8.42 Å². The van der Waals surface area contributed by atoms with Crippen LogP contribution in [-0.2, 0) is 10.0 Å². The molecule has 9 heteroatoms. The SMILES string of the molecule is COc1ccc(OC)c(-c2csc(NS(=O)(=O)c3ccc(C#N)cc3)n2)c1. The predicted molar refractivity (Wildman–Crippen MR) is 103 cm³/mol. The lowest BCUT2D eigenvalue weighted by Crippen LogP contribution is -2.12. The van der Waals surface area contributed by atoms with Gasteiger partial charge in [-0.25, -0.2) is 13.4 Å². The van der Waals surface area contributed by atoms with Gasteiger partial charge in [0.1, 0.15) is 11.5 Å². The minimum Gasteiger partial charge on any atom is -0.497 e. The Morgan fingerprint density at radius 1 is 1.11 bits per heavy atom. The van der Waals surface area contributed by atoms with Crippen LogP contribution in [0.5, 0.6) is 11.5 Å². The number of thiazole rings is 1. The molecule has 0 fully saturated rings. The molecule has 0 unspecified atom stereocenters. The van der Waals surface area contributed by atoms with Gasteiger partial charge < -0.3 is 9.47 Å². The Labute approximate surface area is 160 Å². The number of nitrogens with one attached hydrogen (secondary N) is 1. The molecule has 3 aromatic rings. The summed E-state index contributed by atoms with van der Waals surface area (Å²) < 4.78 is 38.0. The van der Waals surface area contributed by atoms with E-state index in [1.165, 1.54) is 24.3 Å². The molecule has 27 heavy (non-hydrogen) atoms. The highest BCUT2D eigenvalue weighted by Crippen LogP contribution is 2.35. The fourth-order valence-electron chi connectivity index (χ4n) is 2.34. The Hall–Kier alpha value is -3.09. The summed E-state index contributed by atoms with van der Waals surface area (Å²) in [5, 5.41) is 10.8. The zero-order chi connectivity index (χ0) is 19.4. The van der Waals surface area contributed by atoms with Crippen molar-refractivity contribution in [1.29, 1.82) is 5.26 Å². The first-order chi connectivity index (χ1) is 13.0. The third-order valence-electron chi connectivity index (χ3n) is 3.70. The third kappa shape index (κ3) is 4.02. The number of rotatable bonds is 6. The zero-order valence-corrected chi connectivity index (χ0v) is 16.1. The van der Waals surface area contributed by atoms with Crippen LogP contribution < -0.4 is 14.2 Å². The highest BCUT2D eigenvalue weighted by Gasteiger charge is 2.18. The quantitative estimate of drug-likeness (QED) is 0.678. The molecule has 0 radical (unpaired) electrons. The molecule has 1 aromatic heterocycles. The minimum atomic E-state index is -3.80. The van der Waals surface area contributed by atoms with Crippen molar-refractivity contribution in [2.75, 3.05) is 18.9 Å². The van der Waals surface area contributed by atoms with Crippen molar-refractivity contribution < 1.29 is 17.9 Å². The molecule has 0 amide bonds. The molecular formula is C18H15N3O4S2. The highest BCUT2D eigenvalue weighted by molar-refractivity contribution is 7.93. The number of benzene rings is 2. The topological polar surface area (TPSA) is 101 Å². The van der Waals surface area contributed by atoms with E-state index >= 15 is 0 Å². The number of ether oxygens (including phenoxy) is 2. The van der Waals surface area contributed by atoms with Crippen LogP contribution >= 0.6 is 11.3 Å². The van der Waals surface area contributed by atoms with Gasteiger partial charge in [-0.2, -0.15) is 5.26 Å². The summed E-state index contributed by atoms with van der Waals surface area (Å²) in [6, 6.07) is 12.9. The average Bonchev–Trinajstić information content (AvgIpc) is 3.15. The number of sulfonamides is 1. The molecule has 0 aliphatic carbocycles. The molecule has 0 bridgehead atoms. The van der Waals surface area contributed by atoms with Crippen molar-refractivity contribution in [1.82, 2.24) is 4.98 Å². The van der Waals surface area contributed by atoms with Gasteiger partial charge in [0.2, 0.25) is 0 Å². The standard InChI is InChI=1S/C18H15N3O4S2/c1-24-13-5-8-17(25-2)15(9-13)16-11-26-18(20-16)21-27(22,23)14-6-3-12(10-19)4-7-14/h3-9,11H,1-2H3,(H,20,21). The van der Waals surface area contributed by atoms with Crippen molar-refractivity contribution in [3.63, 3.8) is 0 Å². The van der Waals surface area contributed by atoms with Gasteiger partial charge in [-0.1, -0.05) is 0 Å². The minimum absolute atomic E-state index is 0.0530. The van der Waals surface area contributed by atoms with Crippen LogP contribution in [0.4, 0.5) is 5.13 Å². The largest absolute Gasteiger partial charge is 0.497 e. The number of aromatic nitrogens is 1. The Morgan fingerprint density at radius 2 is 1.85 bits per heavy atom. The second-order valence-electron chi connectivity index (χ2n) is 5.35. The molecule has 1 heterocycles. The van der Waals surface area contributed by atoms with E-state index in [4.69, 9.17) is 14.7 Å². The van der Waals surface area contributed by atoms with Crippen LogP contribution in [0.15, 0.2) is 52.7 Å². The van der Waals surface area contributed by atoms with Gasteiger partial charge in [-0.05, 0) is 42.5 Å². The van der Waals surface area contributed by atoms with Crippen LogP contribution in [0.25, 0.3) is 11.3 Å². The summed E-state index contributed by atoms with van der Waals surface area (Å²) in [5.41, 5.74) is 1.64. The lowest BCUT2D eigenvalue weighted by molar-refractivity contribution is 0.404. The van der Waals surface area contributed by atoms with E-state index in [0.29, 0.717) is 28.3 Å². The molecule has 2 aromatic carbocycles. The van der Waals surface area contributed by atoms with Gasteiger partial charge in [0, 0.05) is 10.9 Å². The van der Waals surface area contributed by atoms with Gasteiger partial charge in [-0.15, -0.1) is 11.3 Å². The molecule has 0 aliphatic rings. The maximum absolute atomic E-state index is 12.5. The van der Waals surface area contributed by atoms with Crippen LogP contribution in [0.2, 0.25) is 0 Å². The van der Waals surface area contributed by atoms with Gasteiger partial charge in [-0.3, -0.25) is 4.72 Å². The van der Waals surface area contributed by atoms with Crippen LogP contribution in [0.1, 0.15) is 5.56 Å². The zero-order valence-electron chi connectivity index (χ0n) is 14.5. The smallest absolute Gasteiger partial charge is 0.263 e. The highest BCUT2D eigenvalue weighted by atomic mass is 32.2. The second kappa shape index (κ2) is 7.65. The Morgan fingerprint density at radius 3 is 2.48 bits per heavy atom. The van der Waals surface area contributed by atoms with Crippen LogP contribution in [0, 0.1) is 11.3 Å². The summed E-state index contributed by atoms with van der Waals surface area (Å²) in [6.45, 7) is 0. The molecular weight excluding hydrogens is 386 g/mol. The van der Waals surface area contributed by atoms with Gasteiger partial charge in [0.05, 0.1) is 36.4 Å². The molecule has 0 aliphatic heterocycles. The van der Waals surface area contributed by atoms with Crippen LogP contribution in [-0.4, -0.2) is 27.6 Å². The first-order valence-electron chi connectivity index (χ1n) is 7.68. The number of hydrogen-bond acceptors (Lipinski definition) is 7. The van der Waals surface area contributed by atoms with Crippen molar-refractivity contribution in [2.45, 2.75) is 4.90 Å². The fraction of sp³-hybridized carbons (Fsp3) is 0.111. The van der Waals surface area contributed by atoms with E-state index < -0.39 is 10.0 Å². The first-order valence-corrected chi connectivity index (χ1v) is 10.0. The third-order valence-corrected chi connectivity index (χ3v) is 5.94. The van der Waals surface area contributed by atoms with E-state index in [2.05, 4.69) is 9.71 Å². The number of anilines is 1. The van der Waals surface area contributed by atoms with Crippen molar-refractivity contribution >= 4 is 26.5 Å². The van der Waals surface area contributed by atoms with Gasteiger partial charge in [0.25, 0.3) is 10.0 Å². The first kappa shape index (κ1) is 18.7. The molecule has 0 saturated heterocycles. The maximum Gasteiger partial charge on any atom is 0.263 e. The second-order valence-corrected chi connectivity index (χ2v) is 7.89. The molecule has 0 atom stereocenters. The summed E-state index contributed by atoms with van der Waals surface area (Å²) in [6.07, 6.45) is 0. The fourth-order valence-corrected chi connectivity index (χ4v) is 4.30. The Bertz CT molecular complexity index is 1100. The predicted octanol–water partition coefficient (Wildman–Crippen LogP) is 3.50. The Balaban J connectivity index is 1.89. The molecule has 0 spiro atoms. The van der Waals surface area contributed by atoms with Crippen molar-refractivity contribution in [3.8, 4) is 28.8 Å².